The van der Waals surface area contributed by atoms with Crippen LogP contribution in [0.3, 0.4) is 0 Å². The summed E-state index contributed by atoms with van der Waals surface area (Å²) in [7, 11) is -0.427. The molecule has 7 nitrogen and oxygen atoms in total. The molecule has 3 aromatic rings. The Bertz CT molecular complexity index is 1200. The van der Waals surface area contributed by atoms with Gasteiger partial charge in [0, 0.05) is 20.3 Å². The second-order valence-corrected chi connectivity index (χ2v) is 9.09. The molecular weight excluding hydrogens is 371 g/mol. The SMILES string of the molecule is CCS(=O)(=O)c1cccnc1-c1nc2cc(C(C)(C)F)n(C)c(=O)c2n1C. The van der Waals surface area contributed by atoms with Gasteiger partial charge in [0.15, 0.2) is 15.7 Å². The molecule has 0 aliphatic rings. The summed E-state index contributed by atoms with van der Waals surface area (Å²) in [6.07, 6.45) is 1.47. The molecule has 0 fully saturated rings. The first-order chi connectivity index (χ1) is 12.5. The third-order valence-electron chi connectivity index (χ3n) is 4.57. The summed E-state index contributed by atoms with van der Waals surface area (Å²) < 4.78 is 42.1. The number of alkyl halides is 1. The number of rotatable bonds is 4. The van der Waals surface area contributed by atoms with Crippen LogP contribution in [0.2, 0.25) is 0 Å². The number of hydrogen-bond donors (Lipinski definition) is 0. The lowest BCUT2D eigenvalue weighted by atomic mass is 10.1. The number of fused-ring (bicyclic) bond motifs is 1. The summed E-state index contributed by atoms with van der Waals surface area (Å²) in [6, 6.07) is 4.52. The van der Waals surface area contributed by atoms with Crippen molar-refractivity contribution in [2.45, 2.75) is 31.3 Å². The van der Waals surface area contributed by atoms with Crippen molar-refractivity contribution >= 4 is 20.9 Å². The van der Waals surface area contributed by atoms with E-state index in [4.69, 9.17) is 0 Å². The number of pyridine rings is 2. The molecular formula is C18H21FN4O3S. The number of aryl methyl sites for hydroxylation is 1. The maximum atomic E-state index is 14.5. The Balaban J connectivity index is 2.39. The Hall–Kier alpha value is -2.55. The van der Waals surface area contributed by atoms with Crippen molar-refractivity contribution in [3.8, 4) is 11.5 Å². The van der Waals surface area contributed by atoms with Crippen LogP contribution >= 0.6 is 0 Å². The Morgan fingerprint density at radius 2 is 1.89 bits per heavy atom. The molecule has 3 aromatic heterocycles. The lowest BCUT2D eigenvalue weighted by Crippen LogP contribution is -2.27. The second-order valence-electron chi connectivity index (χ2n) is 6.85. The van der Waals surface area contributed by atoms with Gasteiger partial charge >= 0.3 is 0 Å². The molecule has 0 radical (unpaired) electrons. The van der Waals surface area contributed by atoms with Crippen LogP contribution in [-0.4, -0.2) is 33.3 Å². The van der Waals surface area contributed by atoms with Gasteiger partial charge in [-0.25, -0.2) is 17.8 Å². The van der Waals surface area contributed by atoms with Crippen LogP contribution < -0.4 is 5.56 Å². The molecule has 9 heteroatoms. The predicted molar refractivity (Wildman–Crippen MR) is 101 cm³/mol. The molecule has 0 saturated carbocycles. The van der Waals surface area contributed by atoms with Crippen LogP contribution in [0.4, 0.5) is 4.39 Å². The highest BCUT2D eigenvalue weighted by Gasteiger charge is 2.27. The van der Waals surface area contributed by atoms with Gasteiger partial charge in [-0.15, -0.1) is 0 Å². The highest BCUT2D eigenvalue weighted by atomic mass is 32.2. The summed E-state index contributed by atoms with van der Waals surface area (Å²) in [6.45, 7) is 4.27. The molecule has 0 atom stereocenters. The van der Waals surface area contributed by atoms with E-state index in [0.29, 0.717) is 5.52 Å². The van der Waals surface area contributed by atoms with Crippen LogP contribution in [0.15, 0.2) is 34.1 Å². The summed E-state index contributed by atoms with van der Waals surface area (Å²) in [5.41, 5.74) is -1.24. The fourth-order valence-electron chi connectivity index (χ4n) is 3.12. The van der Waals surface area contributed by atoms with E-state index in [-0.39, 0.29) is 33.4 Å². The maximum Gasteiger partial charge on any atom is 0.276 e. The van der Waals surface area contributed by atoms with Crippen LogP contribution in [-0.2, 0) is 29.6 Å². The average Bonchev–Trinajstić information content (AvgIpc) is 2.94. The monoisotopic (exact) mass is 392 g/mol. The first-order valence-corrected chi connectivity index (χ1v) is 10.1. The molecule has 0 aromatic carbocycles. The summed E-state index contributed by atoms with van der Waals surface area (Å²) in [5.74, 6) is 0.154. The maximum absolute atomic E-state index is 14.5. The quantitative estimate of drug-likeness (QED) is 0.680. The minimum absolute atomic E-state index is 0.0498. The van der Waals surface area contributed by atoms with Crippen LogP contribution in [0.1, 0.15) is 26.5 Å². The highest BCUT2D eigenvalue weighted by Crippen LogP contribution is 2.29. The molecule has 3 rings (SSSR count). The number of hydrogen-bond acceptors (Lipinski definition) is 5. The van der Waals surface area contributed by atoms with Crippen molar-refractivity contribution in [2.75, 3.05) is 5.75 Å². The third kappa shape index (κ3) is 3.05. The number of imidazole rings is 1. The third-order valence-corrected chi connectivity index (χ3v) is 6.33. The Morgan fingerprint density at radius 1 is 1.22 bits per heavy atom. The van der Waals surface area contributed by atoms with E-state index < -0.39 is 21.1 Å². The Labute approximate surface area is 156 Å². The van der Waals surface area contributed by atoms with Crippen molar-refractivity contribution in [1.29, 1.82) is 0 Å². The van der Waals surface area contributed by atoms with Gasteiger partial charge < -0.3 is 9.13 Å². The zero-order valence-electron chi connectivity index (χ0n) is 15.8. The van der Waals surface area contributed by atoms with Gasteiger partial charge in [0.25, 0.3) is 5.56 Å². The fraction of sp³-hybridized carbons (Fsp3) is 0.389. The van der Waals surface area contributed by atoms with Gasteiger partial charge in [-0.1, -0.05) is 6.92 Å². The number of sulfone groups is 1. The summed E-state index contributed by atoms with van der Waals surface area (Å²) >= 11 is 0. The smallest absolute Gasteiger partial charge is 0.276 e. The molecule has 27 heavy (non-hydrogen) atoms. The van der Waals surface area contributed by atoms with Gasteiger partial charge in [0.1, 0.15) is 16.9 Å². The van der Waals surface area contributed by atoms with Crippen molar-refractivity contribution in [2.24, 2.45) is 14.1 Å². The Morgan fingerprint density at radius 3 is 2.48 bits per heavy atom. The van der Waals surface area contributed by atoms with E-state index in [9.17, 15) is 17.6 Å². The standard InChI is InChI=1S/C18H21FN4O3S/c1-6-27(25,26)12-8-7-9-20-14(12)16-21-11-10-13(18(2,3)19)22(4)17(24)15(11)23(16)5/h7-10H,6H2,1-5H3. The molecule has 0 aliphatic carbocycles. The predicted octanol–water partition coefficient (Wildman–Crippen LogP) is 2.33. The van der Waals surface area contributed by atoms with Gasteiger partial charge in [-0.2, -0.15) is 0 Å². The second kappa shape index (κ2) is 6.26. The van der Waals surface area contributed by atoms with Crippen molar-refractivity contribution in [3.05, 3.63) is 40.4 Å². The van der Waals surface area contributed by atoms with Gasteiger partial charge in [-0.05, 0) is 32.0 Å². The average molecular weight is 392 g/mol. The van der Waals surface area contributed by atoms with E-state index >= 15 is 0 Å². The van der Waals surface area contributed by atoms with Gasteiger partial charge in [-0.3, -0.25) is 9.78 Å². The molecule has 0 N–H and O–H groups in total. The molecule has 0 spiro atoms. The largest absolute Gasteiger partial charge is 0.321 e. The number of aromatic nitrogens is 4. The van der Waals surface area contributed by atoms with E-state index in [0.717, 1.165) is 0 Å². The Kier molecular flexibility index (Phi) is 4.46. The molecule has 0 unspecified atom stereocenters. The summed E-state index contributed by atoms with van der Waals surface area (Å²) in [4.78, 5) is 21.5. The van der Waals surface area contributed by atoms with E-state index in [1.807, 2.05) is 0 Å². The van der Waals surface area contributed by atoms with Gasteiger partial charge in [0.05, 0.1) is 21.9 Å². The molecule has 0 aliphatic heterocycles. The zero-order valence-corrected chi connectivity index (χ0v) is 16.6. The van der Waals surface area contributed by atoms with Crippen LogP contribution in [0.5, 0.6) is 0 Å². The van der Waals surface area contributed by atoms with Gasteiger partial charge in [0.2, 0.25) is 0 Å². The molecule has 0 bridgehead atoms. The first-order valence-electron chi connectivity index (χ1n) is 8.43. The zero-order chi connectivity index (χ0) is 20.1. The highest BCUT2D eigenvalue weighted by molar-refractivity contribution is 7.91. The van der Waals surface area contributed by atoms with E-state index in [2.05, 4.69) is 9.97 Å². The van der Waals surface area contributed by atoms with E-state index in [1.54, 1.807) is 14.0 Å². The molecule has 3 heterocycles. The van der Waals surface area contributed by atoms with Crippen LogP contribution in [0, 0.1) is 0 Å². The van der Waals surface area contributed by atoms with E-state index in [1.165, 1.54) is 54.4 Å². The lowest BCUT2D eigenvalue weighted by molar-refractivity contribution is 0.207. The lowest BCUT2D eigenvalue weighted by Gasteiger charge is -2.18. The number of nitrogens with zero attached hydrogens (tertiary/aromatic N) is 4. The number of halogens is 1. The van der Waals surface area contributed by atoms with Crippen molar-refractivity contribution in [1.82, 2.24) is 19.1 Å². The molecule has 0 amide bonds. The normalized spacial score (nSPS) is 12.7. The van der Waals surface area contributed by atoms with Crippen molar-refractivity contribution < 1.29 is 12.8 Å². The topological polar surface area (TPSA) is 86.8 Å². The molecule has 144 valence electrons. The minimum Gasteiger partial charge on any atom is -0.321 e. The minimum atomic E-state index is -3.54. The summed E-state index contributed by atoms with van der Waals surface area (Å²) in [5, 5.41) is 0. The first kappa shape index (κ1) is 19.2. The van der Waals surface area contributed by atoms with Crippen LogP contribution in [0.25, 0.3) is 22.6 Å². The fourth-order valence-corrected chi connectivity index (χ4v) is 4.15. The van der Waals surface area contributed by atoms with Crippen molar-refractivity contribution in [3.63, 3.8) is 0 Å². The molecule has 0 saturated heterocycles.